The van der Waals surface area contributed by atoms with E-state index in [0.717, 1.165) is 45.4 Å². The van der Waals surface area contributed by atoms with Crippen molar-refractivity contribution in [2.24, 2.45) is 0 Å². The van der Waals surface area contributed by atoms with Gasteiger partial charge in [0.15, 0.2) is 0 Å². The number of para-hydroxylation sites is 4. The lowest BCUT2D eigenvalue weighted by Crippen LogP contribution is -2.32. The van der Waals surface area contributed by atoms with E-state index in [4.69, 9.17) is 4.74 Å². The molecular weight excluding hydrogens is 893 g/mol. The number of hydrogen-bond acceptors (Lipinski definition) is 3. The molecule has 336 valence electrons. The van der Waals surface area contributed by atoms with Gasteiger partial charge in [0.2, 0.25) is 0 Å². The number of rotatable bonds is 4. The molecule has 2 aliphatic heterocycles. The molecule has 1 aromatic heterocycles. The summed E-state index contributed by atoms with van der Waals surface area (Å²) in [7, 11) is 0. The SMILES string of the molecule is c1ccc(-n2c3ccccc3c3cc(N(c4ccc5c(c4)C4(c6ccccc6Oc6ccccc64)c4ccccc4-5)c4ccc5c(c4)C4(c6ccccc6Sc6ccccc64)c4ccccc4-5)ccc32)cc1. The molecule has 0 N–H and O–H groups in total. The summed E-state index contributed by atoms with van der Waals surface area (Å²) < 4.78 is 9.18. The second-order valence-corrected chi connectivity index (χ2v) is 20.5. The predicted molar refractivity (Wildman–Crippen MR) is 294 cm³/mol. The summed E-state index contributed by atoms with van der Waals surface area (Å²) in [5.74, 6) is 1.77. The van der Waals surface area contributed by atoms with Crippen LogP contribution in [0.1, 0.15) is 44.5 Å². The maximum absolute atomic E-state index is 6.78. The van der Waals surface area contributed by atoms with Crippen molar-refractivity contribution in [3.8, 4) is 39.4 Å². The van der Waals surface area contributed by atoms with Gasteiger partial charge in [-0.15, -0.1) is 0 Å². The lowest BCUT2D eigenvalue weighted by atomic mass is 9.66. The van der Waals surface area contributed by atoms with E-state index in [1.165, 1.54) is 87.2 Å². The van der Waals surface area contributed by atoms with Crippen LogP contribution in [0.3, 0.4) is 0 Å². The molecule has 0 amide bonds. The first-order chi connectivity index (χ1) is 35.7. The van der Waals surface area contributed by atoms with Crippen LogP contribution in [0.5, 0.6) is 11.5 Å². The quantitative estimate of drug-likeness (QED) is 0.175. The minimum atomic E-state index is -0.622. The zero-order chi connectivity index (χ0) is 47.1. The van der Waals surface area contributed by atoms with Crippen LogP contribution in [-0.2, 0) is 10.8 Å². The zero-order valence-corrected chi connectivity index (χ0v) is 39.8. The molecule has 3 nitrogen and oxygen atoms in total. The Morgan fingerprint density at radius 3 is 1.36 bits per heavy atom. The van der Waals surface area contributed by atoms with E-state index in [1.807, 2.05) is 11.8 Å². The summed E-state index contributed by atoms with van der Waals surface area (Å²) in [6.07, 6.45) is 0. The van der Waals surface area contributed by atoms with Crippen LogP contribution in [0.4, 0.5) is 17.1 Å². The van der Waals surface area contributed by atoms with Gasteiger partial charge in [0.1, 0.15) is 11.5 Å². The fourth-order valence-corrected chi connectivity index (χ4v) is 14.6. The van der Waals surface area contributed by atoms with Crippen LogP contribution in [-0.4, -0.2) is 4.57 Å². The van der Waals surface area contributed by atoms with Crippen LogP contribution in [0.2, 0.25) is 0 Å². The number of benzene rings is 11. The number of fused-ring (bicyclic) bond motifs is 21. The highest BCUT2D eigenvalue weighted by molar-refractivity contribution is 7.99. The third-order valence-electron chi connectivity index (χ3n) is 16.1. The van der Waals surface area contributed by atoms with E-state index >= 15 is 0 Å². The lowest BCUT2D eigenvalue weighted by molar-refractivity contribution is 0.436. The highest BCUT2D eigenvalue weighted by Gasteiger charge is 2.52. The van der Waals surface area contributed by atoms with E-state index in [2.05, 4.69) is 264 Å². The first-order valence-corrected chi connectivity index (χ1v) is 25.6. The summed E-state index contributed by atoms with van der Waals surface area (Å²) in [5, 5.41) is 2.42. The van der Waals surface area contributed by atoms with Gasteiger partial charge in [-0.3, -0.25) is 0 Å². The Hall–Kier alpha value is -8.83. The monoisotopic (exact) mass is 934 g/mol. The molecule has 0 fully saturated rings. The maximum Gasteiger partial charge on any atom is 0.132 e. The van der Waals surface area contributed by atoms with Crippen molar-refractivity contribution in [3.63, 3.8) is 0 Å². The van der Waals surface area contributed by atoms with Gasteiger partial charge in [0.25, 0.3) is 0 Å². The van der Waals surface area contributed by atoms with E-state index in [-0.39, 0.29) is 0 Å². The van der Waals surface area contributed by atoms with E-state index in [1.54, 1.807) is 0 Å². The molecule has 0 radical (unpaired) electrons. The topological polar surface area (TPSA) is 17.4 Å². The number of anilines is 3. The fourth-order valence-electron chi connectivity index (χ4n) is 13.4. The molecule has 4 aliphatic rings. The molecule has 16 rings (SSSR count). The Bertz CT molecular complexity index is 3980. The van der Waals surface area contributed by atoms with Crippen molar-refractivity contribution in [3.05, 3.63) is 299 Å². The van der Waals surface area contributed by atoms with Crippen molar-refractivity contribution < 1.29 is 4.74 Å². The molecule has 0 saturated carbocycles. The minimum absolute atomic E-state index is 0.530. The second-order valence-electron chi connectivity index (χ2n) is 19.5. The number of ether oxygens (including phenoxy) is 1. The minimum Gasteiger partial charge on any atom is -0.457 e. The number of hydrogen-bond donors (Lipinski definition) is 0. The molecule has 72 heavy (non-hydrogen) atoms. The smallest absolute Gasteiger partial charge is 0.132 e. The fraction of sp³-hybridized carbons (Fsp3) is 0.0294. The Kier molecular flexibility index (Phi) is 8.24. The van der Waals surface area contributed by atoms with Gasteiger partial charge < -0.3 is 14.2 Å². The largest absolute Gasteiger partial charge is 0.457 e. The molecule has 12 aromatic rings. The predicted octanol–water partition coefficient (Wildman–Crippen LogP) is 17.5. The summed E-state index contributed by atoms with van der Waals surface area (Å²) in [5.41, 5.74) is 20.7. The Balaban J connectivity index is 0.997. The van der Waals surface area contributed by atoms with Gasteiger partial charge in [-0.25, -0.2) is 0 Å². The molecule has 0 unspecified atom stereocenters. The normalized spacial score (nSPS) is 14.4. The third kappa shape index (κ3) is 5.16. The van der Waals surface area contributed by atoms with Crippen LogP contribution >= 0.6 is 11.8 Å². The van der Waals surface area contributed by atoms with Crippen LogP contribution < -0.4 is 9.64 Å². The molecule has 4 heteroatoms. The second kappa shape index (κ2) is 14.8. The lowest BCUT2D eigenvalue weighted by Gasteiger charge is -2.40. The molecule has 0 saturated heterocycles. The summed E-state index contributed by atoms with van der Waals surface area (Å²) in [6, 6.07) is 94.7. The summed E-state index contributed by atoms with van der Waals surface area (Å²) in [6.45, 7) is 0. The Labute approximate surface area is 421 Å². The van der Waals surface area contributed by atoms with Crippen LogP contribution in [0.15, 0.2) is 265 Å². The van der Waals surface area contributed by atoms with Crippen LogP contribution in [0.25, 0.3) is 49.7 Å². The number of aromatic nitrogens is 1. The standard InChI is InChI=1S/C68H42N2OS/c1-2-18-43(19-3-1)70-61-29-13-6-22-51(61)52-40-44(36-39-62(52)70)69(45-34-37-49-47-20-4-7-23-53(47)67(59(49)41-45)55-25-9-14-30-63(55)71-64-31-15-10-26-56(64)67)46-35-38-50-48-21-5-8-24-54(48)68(60(50)42-46)57-27-11-16-32-65(57)72-66-33-17-12-28-58(66)68/h1-42H. The maximum atomic E-state index is 6.78. The molecule has 0 atom stereocenters. The average molecular weight is 935 g/mol. The van der Waals surface area contributed by atoms with Crippen molar-refractivity contribution in [2.75, 3.05) is 4.90 Å². The zero-order valence-electron chi connectivity index (χ0n) is 39.0. The first kappa shape index (κ1) is 40.0. The highest BCUT2D eigenvalue weighted by Crippen LogP contribution is 2.65. The molecule has 11 aromatic carbocycles. The van der Waals surface area contributed by atoms with Gasteiger partial charge in [0.05, 0.1) is 21.9 Å². The van der Waals surface area contributed by atoms with E-state index in [0.29, 0.717) is 0 Å². The van der Waals surface area contributed by atoms with Gasteiger partial charge in [0, 0.05) is 54.4 Å². The third-order valence-corrected chi connectivity index (χ3v) is 17.3. The average Bonchev–Trinajstić information content (AvgIpc) is 4.04. The van der Waals surface area contributed by atoms with Gasteiger partial charge in [-0.2, -0.15) is 0 Å². The molecule has 2 aliphatic carbocycles. The van der Waals surface area contributed by atoms with Crippen molar-refractivity contribution >= 4 is 50.6 Å². The van der Waals surface area contributed by atoms with Gasteiger partial charge >= 0.3 is 0 Å². The van der Waals surface area contributed by atoms with Gasteiger partial charge in [-0.1, -0.05) is 182 Å². The van der Waals surface area contributed by atoms with Crippen molar-refractivity contribution in [1.29, 1.82) is 0 Å². The number of nitrogens with zero attached hydrogens (tertiary/aromatic N) is 2. The summed E-state index contributed by atoms with van der Waals surface area (Å²) in [4.78, 5) is 5.11. The van der Waals surface area contributed by atoms with E-state index < -0.39 is 10.8 Å². The Morgan fingerprint density at radius 1 is 0.319 bits per heavy atom. The molecule has 3 heterocycles. The molecule has 0 bridgehead atoms. The van der Waals surface area contributed by atoms with Crippen molar-refractivity contribution in [1.82, 2.24) is 4.57 Å². The van der Waals surface area contributed by atoms with Crippen LogP contribution in [0, 0.1) is 0 Å². The van der Waals surface area contributed by atoms with Crippen molar-refractivity contribution in [2.45, 2.75) is 20.6 Å². The van der Waals surface area contributed by atoms with Gasteiger partial charge in [-0.05, 0) is 141 Å². The first-order valence-electron chi connectivity index (χ1n) is 24.8. The summed E-state index contributed by atoms with van der Waals surface area (Å²) >= 11 is 1.88. The van der Waals surface area contributed by atoms with E-state index in [9.17, 15) is 0 Å². The highest BCUT2D eigenvalue weighted by atomic mass is 32.2. The Morgan fingerprint density at radius 2 is 0.750 bits per heavy atom. The molecular formula is C68H42N2OS. The molecule has 2 spiro atoms.